The van der Waals surface area contributed by atoms with Crippen LogP contribution in [0, 0.1) is 11.6 Å². The maximum Gasteiger partial charge on any atom is 0.220 e. The molecule has 1 N–H and O–H groups in total. The van der Waals surface area contributed by atoms with Crippen molar-refractivity contribution in [2.75, 3.05) is 0 Å². The number of rotatable bonds is 5. The number of carbonyl (C=O) groups is 1. The Hall–Kier alpha value is -1.65. The zero-order valence-corrected chi connectivity index (χ0v) is 13.9. The quantitative estimate of drug-likeness (QED) is 0.793. The highest BCUT2D eigenvalue weighted by molar-refractivity contribution is 6.42. The lowest BCUT2D eigenvalue weighted by molar-refractivity contribution is -0.121. The molecule has 0 bridgehead atoms. The first-order chi connectivity index (χ1) is 10.9. The molecule has 0 fully saturated rings. The molecule has 0 saturated heterocycles. The Morgan fingerprint density at radius 2 is 1.91 bits per heavy atom. The summed E-state index contributed by atoms with van der Waals surface area (Å²) in [4.78, 5) is 12.0. The fourth-order valence-corrected chi connectivity index (χ4v) is 2.58. The van der Waals surface area contributed by atoms with Gasteiger partial charge in [0.1, 0.15) is 0 Å². The standard InChI is InChI=1S/C17H15Cl2F2NO/c1-10(12-5-7-14(20)15(21)9-12)22-16(23)8-6-11-3-2-4-13(18)17(11)19/h2-5,7,9-10H,6,8H2,1H3,(H,22,23). The zero-order valence-electron chi connectivity index (χ0n) is 12.4. The van der Waals surface area contributed by atoms with Crippen LogP contribution in [0.2, 0.25) is 10.0 Å². The van der Waals surface area contributed by atoms with Crippen molar-refractivity contribution in [1.29, 1.82) is 0 Å². The van der Waals surface area contributed by atoms with Crippen LogP contribution in [0.25, 0.3) is 0 Å². The van der Waals surface area contributed by atoms with Crippen LogP contribution in [0.3, 0.4) is 0 Å². The minimum absolute atomic E-state index is 0.210. The Morgan fingerprint density at radius 3 is 2.61 bits per heavy atom. The molecule has 122 valence electrons. The van der Waals surface area contributed by atoms with Crippen molar-refractivity contribution in [3.8, 4) is 0 Å². The monoisotopic (exact) mass is 357 g/mol. The maximum atomic E-state index is 13.2. The third-order valence-electron chi connectivity index (χ3n) is 3.47. The fourth-order valence-electron chi connectivity index (χ4n) is 2.17. The van der Waals surface area contributed by atoms with Gasteiger partial charge in [-0.05, 0) is 42.7 Å². The topological polar surface area (TPSA) is 29.1 Å². The number of hydrogen-bond donors (Lipinski definition) is 1. The van der Waals surface area contributed by atoms with E-state index in [0.717, 1.165) is 17.7 Å². The summed E-state index contributed by atoms with van der Waals surface area (Å²) in [6.45, 7) is 1.71. The van der Waals surface area contributed by atoms with Crippen molar-refractivity contribution in [2.45, 2.75) is 25.8 Å². The first-order valence-corrected chi connectivity index (χ1v) is 7.81. The first-order valence-electron chi connectivity index (χ1n) is 7.05. The summed E-state index contributed by atoms with van der Waals surface area (Å²) in [6.07, 6.45) is 0.657. The van der Waals surface area contributed by atoms with E-state index in [1.54, 1.807) is 25.1 Å². The van der Waals surface area contributed by atoms with Gasteiger partial charge < -0.3 is 5.32 Å². The largest absolute Gasteiger partial charge is 0.350 e. The Morgan fingerprint density at radius 1 is 1.17 bits per heavy atom. The molecule has 2 rings (SSSR count). The Labute approximate surface area is 143 Å². The molecule has 23 heavy (non-hydrogen) atoms. The molecule has 1 amide bonds. The average molecular weight is 358 g/mol. The number of carbonyl (C=O) groups excluding carboxylic acids is 1. The van der Waals surface area contributed by atoms with Gasteiger partial charge >= 0.3 is 0 Å². The van der Waals surface area contributed by atoms with Crippen LogP contribution >= 0.6 is 23.2 Å². The lowest BCUT2D eigenvalue weighted by Gasteiger charge is -2.15. The number of amides is 1. The van der Waals surface area contributed by atoms with Gasteiger partial charge in [0.15, 0.2) is 11.6 Å². The van der Waals surface area contributed by atoms with Gasteiger partial charge in [-0.1, -0.05) is 41.4 Å². The first kappa shape index (κ1) is 17.7. The molecule has 0 aliphatic rings. The summed E-state index contributed by atoms with van der Waals surface area (Å²) in [5.41, 5.74) is 1.29. The van der Waals surface area contributed by atoms with Crippen molar-refractivity contribution in [3.63, 3.8) is 0 Å². The summed E-state index contributed by atoms with van der Waals surface area (Å²) < 4.78 is 26.1. The Kier molecular flexibility index (Phi) is 5.97. The average Bonchev–Trinajstić information content (AvgIpc) is 2.51. The highest BCUT2D eigenvalue weighted by Crippen LogP contribution is 2.26. The highest BCUT2D eigenvalue weighted by atomic mass is 35.5. The summed E-state index contributed by atoms with van der Waals surface area (Å²) in [7, 11) is 0. The van der Waals surface area contributed by atoms with E-state index in [-0.39, 0.29) is 12.3 Å². The molecular formula is C17H15Cl2F2NO. The number of nitrogens with one attached hydrogen (secondary N) is 1. The predicted molar refractivity (Wildman–Crippen MR) is 87.7 cm³/mol. The molecule has 2 nitrogen and oxygen atoms in total. The summed E-state index contributed by atoms with van der Waals surface area (Å²) in [6, 6.07) is 8.39. The number of benzene rings is 2. The van der Waals surface area contributed by atoms with Crippen LogP contribution in [0.5, 0.6) is 0 Å². The molecule has 0 saturated carbocycles. The van der Waals surface area contributed by atoms with Crippen LogP contribution in [0.4, 0.5) is 8.78 Å². The van der Waals surface area contributed by atoms with Crippen molar-refractivity contribution < 1.29 is 13.6 Å². The predicted octanol–water partition coefficient (Wildman–Crippen LogP) is 5.08. The van der Waals surface area contributed by atoms with Gasteiger partial charge in [-0.25, -0.2) is 8.78 Å². The van der Waals surface area contributed by atoms with Crippen molar-refractivity contribution in [2.24, 2.45) is 0 Å². The molecular weight excluding hydrogens is 343 g/mol. The molecule has 0 spiro atoms. The third-order valence-corrected chi connectivity index (χ3v) is 4.33. The normalized spacial score (nSPS) is 12.0. The lowest BCUT2D eigenvalue weighted by atomic mass is 10.1. The molecule has 2 aromatic rings. The van der Waals surface area contributed by atoms with Gasteiger partial charge in [0.25, 0.3) is 0 Å². The lowest BCUT2D eigenvalue weighted by Crippen LogP contribution is -2.27. The van der Waals surface area contributed by atoms with Gasteiger partial charge in [0, 0.05) is 6.42 Å². The van der Waals surface area contributed by atoms with Crippen molar-refractivity contribution >= 4 is 29.1 Å². The number of hydrogen-bond acceptors (Lipinski definition) is 1. The maximum absolute atomic E-state index is 13.2. The van der Waals surface area contributed by atoms with E-state index in [9.17, 15) is 13.6 Å². The van der Waals surface area contributed by atoms with Gasteiger partial charge in [-0.15, -0.1) is 0 Å². The molecule has 0 aliphatic carbocycles. The van der Waals surface area contributed by atoms with Crippen molar-refractivity contribution in [3.05, 3.63) is 69.2 Å². The molecule has 1 unspecified atom stereocenters. The zero-order chi connectivity index (χ0) is 17.0. The minimum atomic E-state index is -0.936. The second kappa shape index (κ2) is 7.75. The van der Waals surface area contributed by atoms with E-state index in [1.807, 2.05) is 0 Å². The molecule has 1 atom stereocenters. The van der Waals surface area contributed by atoms with E-state index in [1.165, 1.54) is 6.07 Å². The number of halogens is 4. The smallest absolute Gasteiger partial charge is 0.220 e. The van der Waals surface area contributed by atoms with E-state index >= 15 is 0 Å². The fraction of sp³-hybridized carbons (Fsp3) is 0.235. The van der Waals surface area contributed by atoms with Gasteiger partial charge in [-0.3, -0.25) is 4.79 Å². The molecule has 0 aliphatic heterocycles. The van der Waals surface area contributed by atoms with Crippen LogP contribution in [0.15, 0.2) is 36.4 Å². The van der Waals surface area contributed by atoms with E-state index in [0.29, 0.717) is 22.0 Å². The SMILES string of the molecule is CC(NC(=O)CCc1cccc(Cl)c1Cl)c1ccc(F)c(F)c1. The molecule has 0 radical (unpaired) electrons. The van der Waals surface area contributed by atoms with E-state index < -0.39 is 17.7 Å². The van der Waals surface area contributed by atoms with E-state index in [4.69, 9.17) is 23.2 Å². The minimum Gasteiger partial charge on any atom is -0.350 e. The van der Waals surface area contributed by atoms with Crippen molar-refractivity contribution in [1.82, 2.24) is 5.32 Å². The van der Waals surface area contributed by atoms with Gasteiger partial charge in [0.05, 0.1) is 16.1 Å². The summed E-state index contributed by atoms with van der Waals surface area (Å²) in [5.74, 6) is -2.06. The third kappa shape index (κ3) is 4.66. The Bertz CT molecular complexity index is 722. The highest BCUT2D eigenvalue weighted by Gasteiger charge is 2.13. The Balaban J connectivity index is 1.93. The molecule has 0 aromatic heterocycles. The second-order valence-corrected chi connectivity index (χ2v) is 5.96. The molecule has 2 aromatic carbocycles. The molecule has 6 heteroatoms. The van der Waals surface area contributed by atoms with Gasteiger partial charge in [0.2, 0.25) is 5.91 Å². The molecule has 0 heterocycles. The van der Waals surface area contributed by atoms with Crippen LogP contribution in [-0.2, 0) is 11.2 Å². The van der Waals surface area contributed by atoms with Crippen LogP contribution in [0.1, 0.15) is 30.5 Å². The van der Waals surface area contributed by atoms with Gasteiger partial charge in [-0.2, -0.15) is 0 Å². The summed E-state index contributed by atoms with van der Waals surface area (Å²) >= 11 is 12.0. The number of aryl methyl sites for hydroxylation is 1. The summed E-state index contributed by atoms with van der Waals surface area (Å²) in [5, 5.41) is 3.63. The van der Waals surface area contributed by atoms with Crippen LogP contribution in [-0.4, -0.2) is 5.91 Å². The van der Waals surface area contributed by atoms with E-state index in [2.05, 4.69) is 5.32 Å². The van der Waals surface area contributed by atoms with Crippen LogP contribution < -0.4 is 5.32 Å². The second-order valence-electron chi connectivity index (χ2n) is 5.18.